The minimum Gasteiger partial charge on any atom is -0.495 e. The number of carbonyl (C=O) groups excluding carboxylic acids is 2. The molecule has 2 amide bonds. The minimum atomic E-state index is -1.35. The lowest BCUT2D eigenvalue weighted by molar-refractivity contribution is -0.120. The fourth-order valence-electron chi connectivity index (χ4n) is 8.75. The number of methoxy groups -OCH3 is 1. The van der Waals surface area contributed by atoms with Crippen molar-refractivity contribution in [3.05, 3.63) is 122 Å². The van der Waals surface area contributed by atoms with E-state index in [1.807, 2.05) is 20.8 Å². The summed E-state index contributed by atoms with van der Waals surface area (Å²) >= 11 is 13.8. The first kappa shape index (κ1) is 52.2. The number of hydrogen-bond donors (Lipinski definition) is 2. The van der Waals surface area contributed by atoms with Crippen LogP contribution in [0, 0.1) is 40.1 Å². The van der Waals surface area contributed by atoms with Crippen LogP contribution >= 0.6 is 34.5 Å². The van der Waals surface area contributed by atoms with Gasteiger partial charge in [-0.1, -0.05) is 62.2 Å². The van der Waals surface area contributed by atoms with Crippen molar-refractivity contribution in [2.75, 3.05) is 83.2 Å². The maximum absolute atomic E-state index is 16.1. The van der Waals surface area contributed by atoms with E-state index in [2.05, 4.69) is 26.7 Å². The van der Waals surface area contributed by atoms with Crippen LogP contribution in [0.5, 0.6) is 11.5 Å². The first-order valence-corrected chi connectivity index (χ1v) is 24.1. The molecule has 20 heteroatoms. The predicted octanol–water partition coefficient (Wildman–Crippen LogP) is 9.84. The molecule has 2 fully saturated rings. The van der Waals surface area contributed by atoms with Gasteiger partial charge in [-0.25, -0.2) is 18.2 Å². The molecule has 70 heavy (non-hydrogen) atoms. The maximum atomic E-state index is 16.1. The molecular formula is C50H52Cl2F4N6O7S. The Labute approximate surface area is 417 Å². The Bertz CT molecular complexity index is 2700. The summed E-state index contributed by atoms with van der Waals surface area (Å²) < 4.78 is 88.9. The van der Waals surface area contributed by atoms with Gasteiger partial charge in [0.15, 0.2) is 22.9 Å². The standard InChI is InChI=1S/C50H52Cl2F4N6O7S/c1-50(2,3)26-39-41(31-10-9-30(51)25-36(31)54)42(33-6-5-7-34(52)43(33)55)45(62(39)28-57)48(64)59-37-13-8-29(24-40(37)65-4)47(63)58-14-17-66-20-21-68-22-23-69-46-32(11-12-35(53)44(46)56)38-27-70-49(60-38)61-15-18-67-19-16-61/h5-13,24-25,27,39,41-42,45H,14-23,26H2,1-4H3,(H,58,63)(H,59,64)/t39-,41+,42+,45+/m0/s1. The molecule has 2 aliphatic heterocycles. The molecule has 2 N–H and O–H groups in total. The average molecular weight is 1030 g/mol. The highest BCUT2D eigenvalue weighted by atomic mass is 35.5. The molecule has 5 aromatic rings. The van der Waals surface area contributed by atoms with Crippen LogP contribution in [0.3, 0.4) is 0 Å². The Hall–Kier alpha value is -5.68. The molecular weight excluding hydrogens is 976 g/mol. The van der Waals surface area contributed by atoms with Gasteiger partial charge in [-0.3, -0.25) is 14.5 Å². The van der Waals surface area contributed by atoms with E-state index in [9.17, 15) is 23.6 Å². The van der Waals surface area contributed by atoms with Crippen molar-refractivity contribution >= 4 is 57.2 Å². The highest BCUT2D eigenvalue weighted by molar-refractivity contribution is 7.14. The maximum Gasteiger partial charge on any atom is 0.251 e. The number of thiazole rings is 1. The van der Waals surface area contributed by atoms with Crippen LogP contribution in [0.4, 0.5) is 28.4 Å². The number of benzene rings is 4. The topological polar surface area (TPSA) is 148 Å². The number of nitrogens with one attached hydrogen (secondary N) is 2. The van der Waals surface area contributed by atoms with Gasteiger partial charge >= 0.3 is 0 Å². The predicted molar refractivity (Wildman–Crippen MR) is 259 cm³/mol. The Morgan fingerprint density at radius 3 is 2.36 bits per heavy atom. The summed E-state index contributed by atoms with van der Waals surface area (Å²) in [5, 5.41) is 18.8. The van der Waals surface area contributed by atoms with Crippen LogP contribution in [-0.2, 0) is 19.0 Å². The summed E-state index contributed by atoms with van der Waals surface area (Å²) in [6.45, 7) is 8.99. The van der Waals surface area contributed by atoms with E-state index < -0.39 is 64.4 Å². The Kier molecular flexibility index (Phi) is 17.5. The number of anilines is 2. The molecule has 372 valence electrons. The Morgan fingerprint density at radius 1 is 0.900 bits per heavy atom. The zero-order valence-corrected chi connectivity index (χ0v) is 41.2. The van der Waals surface area contributed by atoms with E-state index in [4.69, 9.17) is 46.9 Å². The van der Waals surface area contributed by atoms with E-state index >= 15 is 8.78 Å². The molecule has 0 bridgehead atoms. The molecule has 0 saturated carbocycles. The summed E-state index contributed by atoms with van der Waals surface area (Å²) in [5.41, 5.74) is 0.928. The highest BCUT2D eigenvalue weighted by Gasteiger charge is 2.55. The second-order valence-electron chi connectivity index (χ2n) is 17.7. The third kappa shape index (κ3) is 12.2. The molecule has 2 aliphatic rings. The van der Waals surface area contributed by atoms with Crippen LogP contribution in [0.2, 0.25) is 10.0 Å². The van der Waals surface area contributed by atoms with Crippen LogP contribution in [0.25, 0.3) is 11.3 Å². The number of ether oxygens (including phenoxy) is 5. The lowest BCUT2D eigenvalue weighted by Gasteiger charge is -2.32. The fraction of sp³-hybridized carbons (Fsp3) is 0.400. The van der Waals surface area contributed by atoms with Crippen molar-refractivity contribution in [2.24, 2.45) is 5.41 Å². The summed E-state index contributed by atoms with van der Waals surface area (Å²) in [6, 6.07) is 13.3. The van der Waals surface area contributed by atoms with Crippen LogP contribution in [-0.4, -0.2) is 107 Å². The van der Waals surface area contributed by atoms with E-state index in [0.29, 0.717) is 44.0 Å². The summed E-state index contributed by atoms with van der Waals surface area (Å²) in [6.07, 6.45) is 2.50. The largest absolute Gasteiger partial charge is 0.495 e. The number of nitrogens with zero attached hydrogens (tertiary/aromatic N) is 4. The van der Waals surface area contributed by atoms with Crippen molar-refractivity contribution in [2.45, 2.75) is 51.1 Å². The SMILES string of the molecule is COc1cc(C(=O)NCCOCCOCCOc2c(-c3csc(N4CCOCC4)n3)ccc(F)c2F)ccc1NC(=O)[C@H]1[C@H](c2cccc(Cl)c2F)[C@H](c2ccc(Cl)cc2F)[C@H](CC(C)(C)C)N1C#N. The van der Waals surface area contributed by atoms with E-state index in [1.165, 1.54) is 77.9 Å². The van der Waals surface area contributed by atoms with E-state index in [0.717, 1.165) is 17.3 Å². The van der Waals surface area contributed by atoms with Gasteiger partial charge in [0.2, 0.25) is 11.7 Å². The molecule has 7 rings (SSSR count). The van der Waals surface area contributed by atoms with Gasteiger partial charge in [0.25, 0.3) is 5.91 Å². The molecule has 0 radical (unpaired) electrons. The lowest BCUT2D eigenvalue weighted by atomic mass is 9.73. The molecule has 1 aromatic heterocycles. The highest BCUT2D eigenvalue weighted by Crippen LogP contribution is 2.53. The third-order valence-electron chi connectivity index (χ3n) is 11.9. The normalized spacial score (nSPS) is 18.1. The second-order valence-corrected chi connectivity index (χ2v) is 19.4. The molecule has 4 atom stereocenters. The molecule has 4 aromatic carbocycles. The number of aromatic nitrogens is 1. The quantitative estimate of drug-likeness (QED) is 0.0463. The smallest absolute Gasteiger partial charge is 0.251 e. The van der Waals surface area contributed by atoms with Crippen molar-refractivity contribution in [3.8, 4) is 28.9 Å². The monoisotopic (exact) mass is 1030 g/mol. The van der Waals surface area contributed by atoms with Gasteiger partial charge in [0.05, 0.1) is 63.2 Å². The van der Waals surface area contributed by atoms with Crippen molar-refractivity contribution in [1.82, 2.24) is 15.2 Å². The number of carbonyl (C=O) groups is 2. The zero-order chi connectivity index (χ0) is 50.1. The van der Waals surface area contributed by atoms with Crippen molar-refractivity contribution in [3.63, 3.8) is 0 Å². The van der Waals surface area contributed by atoms with Gasteiger partial charge in [-0.15, -0.1) is 11.3 Å². The summed E-state index contributed by atoms with van der Waals surface area (Å²) in [4.78, 5) is 35.8. The number of amides is 2. The first-order valence-electron chi connectivity index (χ1n) is 22.5. The fourth-order valence-corrected chi connectivity index (χ4v) is 9.97. The molecule has 0 spiro atoms. The molecule has 0 unspecified atom stereocenters. The molecule has 3 heterocycles. The van der Waals surface area contributed by atoms with E-state index in [-0.39, 0.29) is 83.5 Å². The van der Waals surface area contributed by atoms with Gasteiger partial charge in [0.1, 0.15) is 30.0 Å². The number of nitriles is 1. The molecule has 13 nitrogen and oxygen atoms in total. The molecule has 2 saturated heterocycles. The second kappa shape index (κ2) is 23.5. The number of hydrogen-bond acceptors (Lipinski definition) is 12. The zero-order valence-electron chi connectivity index (χ0n) is 38.8. The summed E-state index contributed by atoms with van der Waals surface area (Å²) in [7, 11) is 1.36. The average Bonchev–Trinajstić information content (AvgIpc) is 3.95. The van der Waals surface area contributed by atoms with Gasteiger partial charge in [-0.2, -0.15) is 9.65 Å². The van der Waals surface area contributed by atoms with Crippen molar-refractivity contribution < 1.29 is 50.8 Å². The lowest BCUT2D eigenvalue weighted by Crippen LogP contribution is -2.43. The Morgan fingerprint density at radius 2 is 1.64 bits per heavy atom. The van der Waals surface area contributed by atoms with Crippen LogP contribution in [0.15, 0.2) is 72.1 Å². The van der Waals surface area contributed by atoms with Crippen LogP contribution in [0.1, 0.15) is 60.5 Å². The first-order chi connectivity index (χ1) is 33.6. The molecule has 0 aliphatic carbocycles. The number of rotatable bonds is 19. The van der Waals surface area contributed by atoms with Crippen LogP contribution < -0.4 is 25.0 Å². The number of likely N-dealkylation sites (tertiary alicyclic amines) is 1. The number of halogens is 6. The Balaban J connectivity index is 0.930. The van der Waals surface area contributed by atoms with Gasteiger partial charge < -0.3 is 39.2 Å². The number of morpholine rings is 1. The van der Waals surface area contributed by atoms with Gasteiger partial charge in [0, 0.05) is 59.0 Å². The van der Waals surface area contributed by atoms with Crippen molar-refractivity contribution in [1.29, 1.82) is 5.26 Å². The van der Waals surface area contributed by atoms with Gasteiger partial charge in [-0.05, 0) is 71.5 Å². The third-order valence-corrected chi connectivity index (χ3v) is 13.3. The minimum absolute atomic E-state index is 0.0320. The summed E-state index contributed by atoms with van der Waals surface area (Å²) in [5.74, 6) is -6.93. The van der Waals surface area contributed by atoms with E-state index in [1.54, 1.807) is 5.38 Å².